The standard InChI is InChI=1S/C14H28N2O2/c1-10(12(15)13(17)16-4)18-9-11-5-7-14(2,3)8-6-11/h10-12H,5-9,15H2,1-4H3,(H,16,17)/t10-,12+/m1/s1. The summed E-state index contributed by atoms with van der Waals surface area (Å²) >= 11 is 0. The van der Waals surface area contributed by atoms with Gasteiger partial charge in [0.2, 0.25) is 5.91 Å². The van der Waals surface area contributed by atoms with Gasteiger partial charge in [-0.15, -0.1) is 0 Å². The highest BCUT2D eigenvalue weighted by Gasteiger charge is 2.28. The van der Waals surface area contributed by atoms with Crippen LogP contribution in [0.5, 0.6) is 0 Å². The van der Waals surface area contributed by atoms with Gasteiger partial charge in [-0.05, 0) is 43.9 Å². The maximum absolute atomic E-state index is 11.4. The van der Waals surface area contributed by atoms with E-state index in [9.17, 15) is 4.79 Å². The van der Waals surface area contributed by atoms with Crippen molar-refractivity contribution in [1.82, 2.24) is 5.32 Å². The van der Waals surface area contributed by atoms with Crippen LogP contribution >= 0.6 is 0 Å². The van der Waals surface area contributed by atoms with E-state index in [0.717, 1.165) is 6.61 Å². The van der Waals surface area contributed by atoms with Gasteiger partial charge in [-0.1, -0.05) is 13.8 Å². The molecule has 106 valence electrons. The summed E-state index contributed by atoms with van der Waals surface area (Å²) in [5, 5.41) is 2.55. The Labute approximate surface area is 111 Å². The summed E-state index contributed by atoms with van der Waals surface area (Å²) in [6.45, 7) is 7.25. The van der Waals surface area contributed by atoms with Gasteiger partial charge in [0.25, 0.3) is 0 Å². The second kappa shape index (κ2) is 6.53. The average Bonchev–Trinajstić information content (AvgIpc) is 2.35. The Morgan fingerprint density at radius 2 is 2.00 bits per heavy atom. The Morgan fingerprint density at radius 3 is 2.50 bits per heavy atom. The first-order valence-electron chi connectivity index (χ1n) is 6.94. The van der Waals surface area contributed by atoms with Crippen LogP contribution in [0.25, 0.3) is 0 Å². The normalized spacial score (nSPS) is 23.4. The first-order chi connectivity index (χ1) is 8.35. The van der Waals surface area contributed by atoms with Gasteiger partial charge in [0, 0.05) is 13.7 Å². The third-order valence-corrected chi connectivity index (χ3v) is 4.11. The molecule has 0 radical (unpaired) electrons. The summed E-state index contributed by atoms with van der Waals surface area (Å²) in [6, 6.07) is -0.574. The van der Waals surface area contributed by atoms with Crippen LogP contribution in [-0.4, -0.2) is 31.7 Å². The van der Waals surface area contributed by atoms with Crippen molar-refractivity contribution in [3.8, 4) is 0 Å². The minimum Gasteiger partial charge on any atom is -0.376 e. The van der Waals surface area contributed by atoms with Gasteiger partial charge in [0.05, 0.1) is 6.10 Å². The van der Waals surface area contributed by atoms with Gasteiger partial charge in [-0.3, -0.25) is 4.79 Å². The molecule has 1 fully saturated rings. The predicted molar refractivity (Wildman–Crippen MR) is 73.2 cm³/mol. The molecule has 0 aromatic heterocycles. The van der Waals surface area contributed by atoms with E-state index in [4.69, 9.17) is 10.5 Å². The molecular formula is C14H28N2O2. The third kappa shape index (κ3) is 4.58. The molecule has 1 aliphatic carbocycles. The van der Waals surface area contributed by atoms with Gasteiger partial charge >= 0.3 is 0 Å². The van der Waals surface area contributed by atoms with Crippen LogP contribution in [0, 0.1) is 11.3 Å². The van der Waals surface area contributed by atoms with E-state index in [-0.39, 0.29) is 12.0 Å². The topological polar surface area (TPSA) is 64.4 Å². The van der Waals surface area contributed by atoms with Crippen LogP contribution in [0.15, 0.2) is 0 Å². The lowest BCUT2D eigenvalue weighted by Gasteiger charge is -2.34. The summed E-state index contributed by atoms with van der Waals surface area (Å²) < 4.78 is 5.75. The van der Waals surface area contributed by atoms with Gasteiger partial charge in [-0.25, -0.2) is 0 Å². The van der Waals surface area contributed by atoms with Crippen molar-refractivity contribution in [1.29, 1.82) is 0 Å². The fourth-order valence-corrected chi connectivity index (χ4v) is 2.40. The number of rotatable bonds is 5. The molecule has 1 saturated carbocycles. The van der Waals surface area contributed by atoms with Gasteiger partial charge in [0.1, 0.15) is 6.04 Å². The highest BCUT2D eigenvalue weighted by molar-refractivity contribution is 5.81. The molecule has 2 atom stereocenters. The zero-order valence-corrected chi connectivity index (χ0v) is 12.2. The van der Waals surface area contributed by atoms with E-state index in [1.807, 2.05) is 6.92 Å². The molecule has 0 unspecified atom stereocenters. The van der Waals surface area contributed by atoms with Crippen molar-refractivity contribution in [3.05, 3.63) is 0 Å². The fraction of sp³-hybridized carbons (Fsp3) is 0.929. The SMILES string of the molecule is CNC(=O)[C@@H](N)[C@@H](C)OCC1CCC(C)(C)CC1. The molecule has 0 heterocycles. The Bertz CT molecular complexity index is 269. The predicted octanol–water partition coefficient (Wildman–Crippen LogP) is 1.68. The lowest BCUT2D eigenvalue weighted by molar-refractivity contribution is -0.125. The molecule has 0 aromatic carbocycles. The van der Waals surface area contributed by atoms with E-state index in [1.165, 1.54) is 25.7 Å². The Balaban J connectivity index is 2.27. The number of carbonyl (C=O) groups is 1. The number of amides is 1. The summed E-state index contributed by atoms with van der Waals surface area (Å²) in [6.07, 6.45) is 4.73. The highest BCUT2D eigenvalue weighted by atomic mass is 16.5. The maximum atomic E-state index is 11.4. The van der Waals surface area contributed by atoms with Crippen LogP contribution in [-0.2, 0) is 9.53 Å². The van der Waals surface area contributed by atoms with Crippen molar-refractivity contribution >= 4 is 5.91 Å². The van der Waals surface area contributed by atoms with E-state index < -0.39 is 6.04 Å². The lowest BCUT2D eigenvalue weighted by Crippen LogP contribution is -2.47. The molecule has 1 aliphatic rings. The van der Waals surface area contributed by atoms with Gasteiger partial charge in [-0.2, -0.15) is 0 Å². The first kappa shape index (κ1) is 15.4. The van der Waals surface area contributed by atoms with Crippen molar-refractivity contribution in [2.75, 3.05) is 13.7 Å². The molecule has 3 N–H and O–H groups in total. The third-order valence-electron chi connectivity index (χ3n) is 4.11. The molecule has 0 saturated heterocycles. The van der Waals surface area contributed by atoms with Crippen molar-refractivity contribution in [2.45, 2.75) is 58.6 Å². The Hall–Kier alpha value is -0.610. The molecule has 1 amide bonds. The Morgan fingerprint density at radius 1 is 1.44 bits per heavy atom. The van der Waals surface area contributed by atoms with Crippen LogP contribution in [0.2, 0.25) is 0 Å². The minimum atomic E-state index is -0.574. The highest BCUT2D eigenvalue weighted by Crippen LogP contribution is 2.38. The second-order valence-corrected chi connectivity index (χ2v) is 6.29. The number of nitrogens with two attached hydrogens (primary N) is 1. The van der Waals surface area contributed by atoms with Crippen LogP contribution in [0.4, 0.5) is 0 Å². The Kier molecular flexibility index (Phi) is 5.60. The average molecular weight is 256 g/mol. The van der Waals surface area contributed by atoms with E-state index in [0.29, 0.717) is 11.3 Å². The molecule has 4 nitrogen and oxygen atoms in total. The molecule has 0 aromatic rings. The van der Waals surface area contributed by atoms with E-state index >= 15 is 0 Å². The van der Waals surface area contributed by atoms with E-state index in [2.05, 4.69) is 19.2 Å². The van der Waals surface area contributed by atoms with Crippen molar-refractivity contribution < 1.29 is 9.53 Å². The van der Waals surface area contributed by atoms with Crippen molar-refractivity contribution in [2.24, 2.45) is 17.1 Å². The number of carbonyl (C=O) groups excluding carboxylic acids is 1. The van der Waals surface area contributed by atoms with Crippen LogP contribution in [0.3, 0.4) is 0 Å². The molecule has 4 heteroatoms. The maximum Gasteiger partial charge on any atom is 0.239 e. The first-order valence-corrected chi connectivity index (χ1v) is 6.94. The zero-order valence-electron chi connectivity index (χ0n) is 12.2. The van der Waals surface area contributed by atoms with Gasteiger partial charge in [0.15, 0.2) is 0 Å². The molecular weight excluding hydrogens is 228 g/mol. The summed E-state index contributed by atoms with van der Waals surface area (Å²) in [7, 11) is 1.60. The summed E-state index contributed by atoms with van der Waals surface area (Å²) in [5.41, 5.74) is 6.28. The molecule has 1 rings (SSSR count). The lowest BCUT2D eigenvalue weighted by atomic mass is 9.73. The van der Waals surface area contributed by atoms with E-state index in [1.54, 1.807) is 7.05 Å². The molecule has 0 bridgehead atoms. The number of nitrogens with one attached hydrogen (secondary N) is 1. The van der Waals surface area contributed by atoms with Gasteiger partial charge < -0.3 is 15.8 Å². The summed E-state index contributed by atoms with van der Waals surface area (Å²) in [4.78, 5) is 11.4. The largest absolute Gasteiger partial charge is 0.376 e. The quantitative estimate of drug-likeness (QED) is 0.786. The summed E-state index contributed by atoms with van der Waals surface area (Å²) in [5.74, 6) is 0.463. The second-order valence-electron chi connectivity index (χ2n) is 6.29. The number of hydrogen-bond donors (Lipinski definition) is 2. The monoisotopic (exact) mass is 256 g/mol. The number of ether oxygens (including phenoxy) is 1. The smallest absolute Gasteiger partial charge is 0.239 e. The zero-order chi connectivity index (χ0) is 13.8. The molecule has 0 aliphatic heterocycles. The minimum absolute atomic E-state index is 0.160. The van der Waals surface area contributed by atoms with Crippen LogP contribution in [0.1, 0.15) is 46.5 Å². The molecule has 18 heavy (non-hydrogen) atoms. The fourth-order valence-electron chi connectivity index (χ4n) is 2.40. The molecule has 0 spiro atoms. The van der Waals surface area contributed by atoms with Crippen molar-refractivity contribution in [3.63, 3.8) is 0 Å². The number of hydrogen-bond acceptors (Lipinski definition) is 3. The van der Waals surface area contributed by atoms with Crippen LogP contribution < -0.4 is 11.1 Å². The number of likely N-dealkylation sites (N-methyl/N-ethyl adjacent to an activating group) is 1.